The molecule has 2 saturated carbocycles. The van der Waals surface area contributed by atoms with Gasteiger partial charge in [0.25, 0.3) is 0 Å². The van der Waals surface area contributed by atoms with E-state index >= 15 is 0 Å². The lowest BCUT2D eigenvalue weighted by Crippen LogP contribution is -2.41. The van der Waals surface area contributed by atoms with Crippen molar-refractivity contribution in [2.45, 2.75) is 51.4 Å². The van der Waals surface area contributed by atoms with Gasteiger partial charge in [-0.25, -0.2) is 9.59 Å². The van der Waals surface area contributed by atoms with Crippen LogP contribution < -0.4 is 0 Å². The third kappa shape index (κ3) is 1.56. The van der Waals surface area contributed by atoms with E-state index in [0.717, 1.165) is 24.0 Å². The first kappa shape index (κ1) is 11.7. The largest absolute Gasteiger partial charge is 0.386 e. The van der Waals surface area contributed by atoms with Crippen LogP contribution in [0.3, 0.4) is 0 Å². The second-order valence-electron chi connectivity index (χ2n) is 6.61. The summed E-state index contributed by atoms with van der Waals surface area (Å²) in [7, 11) is 0. The van der Waals surface area contributed by atoms with E-state index in [1.807, 2.05) is 0 Å². The summed E-state index contributed by atoms with van der Waals surface area (Å²) in [4.78, 5) is 24.1. The molecule has 4 aliphatic rings. The molecule has 4 rings (SSSR count). The van der Waals surface area contributed by atoms with E-state index in [2.05, 4.69) is 0 Å². The molecule has 0 radical (unpaired) electrons. The standard InChI is InChI=1S/C16H20O3/c17-15-13-11-7-3-1-5-9(11)10-6-2-4-8-12(10)14(13)16(18)19-15/h9-12H,1-8H2. The van der Waals surface area contributed by atoms with Crippen LogP contribution in [-0.4, -0.2) is 11.9 Å². The molecule has 4 atom stereocenters. The SMILES string of the molecule is O=C1OC(=O)C2=C1C1CCCCC1C1CCCCC21. The van der Waals surface area contributed by atoms with E-state index in [1.165, 1.54) is 38.5 Å². The summed E-state index contributed by atoms with van der Waals surface area (Å²) in [5.74, 6) is 1.28. The van der Waals surface area contributed by atoms with Crippen LogP contribution in [0.25, 0.3) is 0 Å². The monoisotopic (exact) mass is 260 g/mol. The van der Waals surface area contributed by atoms with Gasteiger partial charge in [0.05, 0.1) is 11.1 Å². The lowest BCUT2D eigenvalue weighted by Gasteiger charge is -2.46. The minimum atomic E-state index is -0.319. The van der Waals surface area contributed by atoms with Gasteiger partial charge in [0, 0.05) is 0 Å². The van der Waals surface area contributed by atoms with E-state index in [4.69, 9.17) is 4.74 Å². The first-order valence-electron chi connectivity index (χ1n) is 7.78. The predicted molar refractivity (Wildman–Crippen MR) is 69.0 cm³/mol. The van der Waals surface area contributed by atoms with Gasteiger partial charge in [0.1, 0.15) is 0 Å². The molecule has 3 heteroatoms. The highest BCUT2D eigenvalue weighted by atomic mass is 16.6. The molecule has 1 aliphatic heterocycles. The molecular weight excluding hydrogens is 240 g/mol. The zero-order valence-corrected chi connectivity index (χ0v) is 11.2. The fourth-order valence-electron chi connectivity index (χ4n) is 5.18. The summed E-state index contributed by atoms with van der Waals surface area (Å²) in [5.41, 5.74) is 1.58. The quantitative estimate of drug-likeness (QED) is 0.497. The Labute approximate surface area is 113 Å². The Morgan fingerprint density at radius 2 is 1.11 bits per heavy atom. The number of fused-ring (bicyclic) bond motifs is 5. The molecule has 0 amide bonds. The fourth-order valence-corrected chi connectivity index (χ4v) is 5.18. The highest BCUT2D eigenvalue weighted by Crippen LogP contribution is 2.55. The van der Waals surface area contributed by atoms with Crippen LogP contribution in [-0.2, 0) is 14.3 Å². The molecule has 0 bridgehead atoms. The molecule has 1 heterocycles. The summed E-state index contributed by atoms with van der Waals surface area (Å²) in [6, 6.07) is 0. The molecule has 0 N–H and O–H groups in total. The summed E-state index contributed by atoms with van der Waals surface area (Å²) < 4.78 is 4.95. The molecule has 0 saturated heterocycles. The lowest BCUT2D eigenvalue weighted by molar-refractivity contribution is -0.151. The fraction of sp³-hybridized carbons (Fsp3) is 0.750. The lowest BCUT2D eigenvalue weighted by atomic mass is 9.56. The second-order valence-corrected chi connectivity index (χ2v) is 6.61. The Morgan fingerprint density at radius 3 is 1.58 bits per heavy atom. The van der Waals surface area contributed by atoms with Crippen molar-refractivity contribution in [3.8, 4) is 0 Å². The Hall–Kier alpha value is -1.12. The maximum absolute atomic E-state index is 12.0. The third-order valence-electron chi connectivity index (χ3n) is 5.85. The molecule has 3 nitrogen and oxygen atoms in total. The average molecular weight is 260 g/mol. The van der Waals surface area contributed by atoms with Crippen molar-refractivity contribution in [1.82, 2.24) is 0 Å². The molecule has 0 aromatic rings. The number of carbonyl (C=O) groups is 2. The van der Waals surface area contributed by atoms with Crippen LogP contribution in [0.5, 0.6) is 0 Å². The van der Waals surface area contributed by atoms with Gasteiger partial charge in [-0.15, -0.1) is 0 Å². The molecule has 0 aromatic carbocycles. The van der Waals surface area contributed by atoms with E-state index in [0.29, 0.717) is 23.7 Å². The molecule has 2 fully saturated rings. The minimum absolute atomic E-state index is 0.319. The number of hydrogen-bond acceptors (Lipinski definition) is 3. The molecule has 102 valence electrons. The van der Waals surface area contributed by atoms with Gasteiger partial charge in [-0.1, -0.05) is 25.7 Å². The predicted octanol–water partition coefficient (Wildman–Crippen LogP) is 2.99. The van der Waals surface area contributed by atoms with Gasteiger partial charge in [-0.3, -0.25) is 0 Å². The Kier molecular flexibility index (Phi) is 2.58. The van der Waals surface area contributed by atoms with Crippen molar-refractivity contribution in [3.63, 3.8) is 0 Å². The summed E-state index contributed by atoms with van der Waals surface area (Å²) in [6.45, 7) is 0. The van der Waals surface area contributed by atoms with Crippen molar-refractivity contribution in [1.29, 1.82) is 0 Å². The number of carbonyl (C=O) groups excluding carboxylic acids is 2. The van der Waals surface area contributed by atoms with Crippen molar-refractivity contribution >= 4 is 11.9 Å². The van der Waals surface area contributed by atoms with E-state index in [1.54, 1.807) is 0 Å². The molecule has 4 unspecified atom stereocenters. The van der Waals surface area contributed by atoms with Crippen molar-refractivity contribution < 1.29 is 14.3 Å². The van der Waals surface area contributed by atoms with E-state index in [-0.39, 0.29) is 11.9 Å². The van der Waals surface area contributed by atoms with Crippen LogP contribution in [0.2, 0.25) is 0 Å². The molecule has 3 aliphatic carbocycles. The normalized spacial score (nSPS) is 41.5. The molecular formula is C16H20O3. The Bertz CT molecular complexity index is 434. The van der Waals surface area contributed by atoms with Gasteiger partial charge >= 0.3 is 11.9 Å². The smallest absolute Gasteiger partial charge is 0.342 e. The van der Waals surface area contributed by atoms with Crippen LogP contribution in [0.1, 0.15) is 51.4 Å². The summed E-state index contributed by atoms with van der Waals surface area (Å²) in [6.07, 6.45) is 9.60. The Balaban J connectivity index is 1.83. The van der Waals surface area contributed by atoms with E-state index in [9.17, 15) is 9.59 Å². The second kappa shape index (κ2) is 4.19. The number of ether oxygens (including phenoxy) is 1. The number of rotatable bonds is 0. The van der Waals surface area contributed by atoms with E-state index < -0.39 is 0 Å². The van der Waals surface area contributed by atoms with Gasteiger partial charge in [0.2, 0.25) is 0 Å². The van der Waals surface area contributed by atoms with Crippen LogP contribution in [0, 0.1) is 23.7 Å². The zero-order valence-electron chi connectivity index (χ0n) is 11.2. The van der Waals surface area contributed by atoms with Gasteiger partial charge in [-0.2, -0.15) is 0 Å². The van der Waals surface area contributed by atoms with Crippen molar-refractivity contribution in [2.24, 2.45) is 23.7 Å². The first-order chi connectivity index (χ1) is 9.27. The van der Waals surface area contributed by atoms with Crippen molar-refractivity contribution in [2.75, 3.05) is 0 Å². The summed E-state index contributed by atoms with van der Waals surface area (Å²) >= 11 is 0. The molecule has 19 heavy (non-hydrogen) atoms. The van der Waals surface area contributed by atoms with Gasteiger partial charge < -0.3 is 4.74 Å². The maximum atomic E-state index is 12.0. The minimum Gasteiger partial charge on any atom is -0.386 e. The average Bonchev–Trinajstić information content (AvgIpc) is 2.75. The summed E-state index contributed by atoms with van der Waals surface area (Å²) in [5, 5.41) is 0. The number of esters is 2. The zero-order chi connectivity index (χ0) is 13.0. The van der Waals surface area contributed by atoms with Gasteiger partial charge in [-0.05, 0) is 49.4 Å². The highest BCUT2D eigenvalue weighted by molar-refractivity contribution is 6.13. The van der Waals surface area contributed by atoms with Crippen molar-refractivity contribution in [3.05, 3.63) is 11.1 Å². The van der Waals surface area contributed by atoms with Crippen LogP contribution >= 0.6 is 0 Å². The Morgan fingerprint density at radius 1 is 0.684 bits per heavy atom. The number of hydrogen-bond donors (Lipinski definition) is 0. The third-order valence-corrected chi connectivity index (χ3v) is 5.85. The first-order valence-corrected chi connectivity index (χ1v) is 7.78. The van der Waals surface area contributed by atoms with Crippen LogP contribution in [0.4, 0.5) is 0 Å². The van der Waals surface area contributed by atoms with Crippen LogP contribution in [0.15, 0.2) is 11.1 Å². The number of cyclic esters (lactones) is 2. The topological polar surface area (TPSA) is 43.4 Å². The van der Waals surface area contributed by atoms with Gasteiger partial charge in [0.15, 0.2) is 0 Å². The molecule has 0 spiro atoms. The maximum Gasteiger partial charge on any atom is 0.342 e. The molecule has 0 aromatic heterocycles. The highest BCUT2D eigenvalue weighted by Gasteiger charge is 2.52.